The lowest BCUT2D eigenvalue weighted by molar-refractivity contribution is -0.161. The molecule has 0 bridgehead atoms. The first-order valence-electron chi connectivity index (χ1n) is 25.3. The van der Waals surface area contributed by atoms with Gasteiger partial charge < -0.3 is 39.3 Å². The largest absolute Gasteiger partial charge is 0.472 e. The Morgan fingerprint density at radius 1 is 0.484 bits per heavy atom. The van der Waals surface area contributed by atoms with Crippen LogP contribution in [0.3, 0.4) is 0 Å². The molecule has 0 aromatic rings. The second-order valence-corrected chi connectivity index (χ2v) is 18.3. The van der Waals surface area contributed by atoms with Crippen LogP contribution in [0.2, 0.25) is 0 Å². The first-order valence-corrected chi connectivity index (χ1v) is 26.8. The van der Waals surface area contributed by atoms with Gasteiger partial charge in [-0.05, 0) is 12.8 Å². The van der Waals surface area contributed by atoms with Crippen molar-refractivity contribution in [3.05, 3.63) is 0 Å². The minimum absolute atomic E-state index is 0.126. The standard InChI is InChI=1S/C48H91N2O13P/c1-3-5-7-9-11-13-15-17-19-21-23-25-27-29-31-34-45(52)60-42-44(63-46(53)35-32-30-28-26-24-22-20-18-16-14-12-10-8-6-4-2)43-62-64(56,57)61-39-37-50-48(55)59-41-40-58-47(54)49-36-33-38-51/h38,44H,3-37,39-43H2,1-2H3,(H,49,54)(H,50,55)(H,56,57). The molecule has 0 aliphatic heterocycles. The van der Waals surface area contributed by atoms with Crippen molar-refractivity contribution in [3.8, 4) is 0 Å². The zero-order valence-corrected chi connectivity index (χ0v) is 41.1. The third kappa shape index (κ3) is 45.8. The van der Waals surface area contributed by atoms with E-state index in [1.54, 1.807) is 0 Å². The van der Waals surface area contributed by atoms with Crippen molar-refractivity contribution in [2.24, 2.45) is 0 Å². The van der Waals surface area contributed by atoms with Crippen LogP contribution in [0.1, 0.15) is 226 Å². The Labute approximate surface area is 387 Å². The number of nitrogens with one attached hydrogen (secondary N) is 2. The van der Waals surface area contributed by atoms with Crippen LogP contribution in [0.5, 0.6) is 0 Å². The third-order valence-corrected chi connectivity index (χ3v) is 11.8. The van der Waals surface area contributed by atoms with Crippen LogP contribution in [0.15, 0.2) is 0 Å². The van der Waals surface area contributed by atoms with E-state index in [4.69, 9.17) is 28.0 Å². The summed E-state index contributed by atoms with van der Waals surface area (Å²) in [7, 11) is -4.66. The van der Waals surface area contributed by atoms with Crippen molar-refractivity contribution in [1.29, 1.82) is 0 Å². The topological polar surface area (TPSA) is 202 Å². The number of carbonyl (C=O) groups is 5. The van der Waals surface area contributed by atoms with Gasteiger partial charge in [0.25, 0.3) is 0 Å². The molecule has 0 fully saturated rings. The molecule has 0 rings (SSSR count). The first-order chi connectivity index (χ1) is 31.1. The minimum Gasteiger partial charge on any atom is -0.462 e. The Balaban J connectivity index is 4.54. The van der Waals surface area contributed by atoms with E-state index < -0.39 is 51.3 Å². The van der Waals surface area contributed by atoms with Gasteiger partial charge in [-0.1, -0.05) is 194 Å². The predicted octanol–water partition coefficient (Wildman–Crippen LogP) is 12.1. The highest BCUT2D eigenvalue weighted by Gasteiger charge is 2.26. The molecule has 0 aliphatic rings. The molecule has 3 N–H and O–H groups in total. The van der Waals surface area contributed by atoms with Crippen molar-refractivity contribution in [2.75, 3.05) is 46.1 Å². The van der Waals surface area contributed by atoms with Gasteiger partial charge in [0.15, 0.2) is 6.10 Å². The lowest BCUT2D eigenvalue weighted by Crippen LogP contribution is -2.31. The lowest BCUT2D eigenvalue weighted by atomic mass is 10.0. The fraction of sp³-hybridized carbons (Fsp3) is 0.896. The molecule has 0 radical (unpaired) electrons. The zero-order valence-electron chi connectivity index (χ0n) is 40.2. The van der Waals surface area contributed by atoms with Gasteiger partial charge in [0.2, 0.25) is 0 Å². The summed E-state index contributed by atoms with van der Waals surface area (Å²) in [4.78, 5) is 69.1. The fourth-order valence-corrected chi connectivity index (χ4v) is 7.78. The van der Waals surface area contributed by atoms with Gasteiger partial charge in [-0.25, -0.2) is 14.2 Å². The van der Waals surface area contributed by atoms with Crippen molar-refractivity contribution in [1.82, 2.24) is 10.6 Å². The van der Waals surface area contributed by atoms with Crippen LogP contribution in [0, 0.1) is 0 Å². The van der Waals surface area contributed by atoms with Crippen LogP contribution in [-0.4, -0.2) is 87.5 Å². The SMILES string of the molecule is CCCCCCCCCCCCCCCCCC(=O)OCC(COP(=O)(O)OCCNC(=O)OCCOC(=O)NCCC=O)OC(=O)CCCCCCCCCCCCCCCCC. The number of rotatable bonds is 48. The second-order valence-electron chi connectivity index (χ2n) is 16.9. The maximum absolute atomic E-state index is 12.8. The molecule has 0 saturated carbocycles. The number of alkyl carbamates (subject to hydrolysis) is 2. The number of unbranched alkanes of at least 4 members (excludes halogenated alkanes) is 28. The number of phosphoric acid groups is 1. The number of carbonyl (C=O) groups excluding carboxylic acids is 5. The molecule has 64 heavy (non-hydrogen) atoms. The van der Waals surface area contributed by atoms with E-state index in [1.165, 1.54) is 141 Å². The molecule has 0 saturated heterocycles. The summed E-state index contributed by atoms with van der Waals surface area (Å²) in [6, 6.07) is 0. The van der Waals surface area contributed by atoms with Crippen LogP contribution in [0.4, 0.5) is 9.59 Å². The van der Waals surface area contributed by atoms with Crippen molar-refractivity contribution >= 4 is 38.2 Å². The Morgan fingerprint density at radius 3 is 1.27 bits per heavy atom. The number of hydrogen-bond acceptors (Lipinski definition) is 12. The van der Waals surface area contributed by atoms with Gasteiger partial charge in [0.05, 0.1) is 13.2 Å². The number of phosphoric ester groups is 1. The van der Waals surface area contributed by atoms with Crippen LogP contribution < -0.4 is 10.6 Å². The maximum Gasteiger partial charge on any atom is 0.472 e. The smallest absolute Gasteiger partial charge is 0.462 e. The summed E-state index contributed by atoms with van der Waals surface area (Å²) < 4.78 is 43.2. The van der Waals surface area contributed by atoms with E-state index >= 15 is 0 Å². The molecular formula is C48H91N2O13P. The molecule has 2 amide bonds. The molecule has 15 nitrogen and oxygen atoms in total. The average molecular weight is 935 g/mol. The number of hydrogen-bond donors (Lipinski definition) is 3. The molecule has 2 atom stereocenters. The summed E-state index contributed by atoms with van der Waals surface area (Å²) in [6.07, 6.45) is 34.8. The number of amides is 2. The number of aldehydes is 1. The van der Waals surface area contributed by atoms with E-state index in [-0.39, 0.29) is 52.2 Å². The molecule has 0 heterocycles. The number of esters is 2. The van der Waals surface area contributed by atoms with Crippen LogP contribution >= 0.6 is 7.82 Å². The Bertz CT molecular complexity index is 1180. The summed E-state index contributed by atoms with van der Waals surface area (Å²) >= 11 is 0. The first kappa shape index (κ1) is 61.3. The Morgan fingerprint density at radius 2 is 0.859 bits per heavy atom. The van der Waals surface area contributed by atoms with Gasteiger partial charge in [0, 0.05) is 32.4 Å². The van der Waals surface area contributed by atoms with Gasteiger partial charge >= 0.3 is 31.9 Å². The molecule has 16 heteroatoms. The van der Waals surface area contributed by atoms with Gasteiger partial charge in [-0.15, -0.1) is 0 Å². The summed E-state index contributed by atoms with van der Waals surface area (Å²) in [5.74, 6) is -0.953. The van der Waals surface area contributed by atoms with E-state index in [9.17, 15) is 33.4 Å². The molecule has 376 valence electrons. The summed E-state index contributed by atoms with van der Waals surface area (Å²) in [5, 5.41) is 4.66. The zero-order chi connectivity index (χ0) is 47.0. The quantitative estimate of drug-likeness (QED) is 0.0171. The second kappa shape index (κ2) is 46.8. The van der Waals surface area contributed by atoms with Gasteiger partial charge in [-0.3, -0.25) is 18.6 Å². The average Bonchev–Trinajstić information content (AvgIpc) is 3.27. The molecule has 0 aromatic carbocycles. The summed E-state index contributed by atoms with van der Waals surface area (Å²) in [5.41, 5.74) is 0. The van der Waals surface area contributed by atoms with Crippen molar-refractivity contribution < 1.29 is 61.4 Å². The van der Waals surface area contributed by atoms with Gasteiger partial charge in [-0.2, -0.15) is 0 Å². The monoisotopic (exact) mass is 935 g/mol. The molecule has 0 aromatic heterocycles. The predicted molar refractivity (Wildman–Crippen MR) is 251 cm³/mol. The normalized spacial score (nSPS) is 12.5. The molecule has 0 spiro atoms. The highest BCUT2D eigenvalue weighted by atomic mass is 31.2. The third-order valence-electron chi connectivity index (χ3n) is 10.8. The van der Waals surface area contributed by atoms with E-state index in [1.807, 2.05) is 0 Å². The Kier molecular flexibility index (Phi) is 44.8. The van der Waals surface area contributed by atoms with Crippen molar-refractivity contribution in [3.63, 3.8) is 0 Å². The Hall–Kier alpha value is -2.74. The molecule has 0 aliphatic carbocycles. The lowest BCUT2D eigenvalue weighted by Gasteiger charge is -2.20. The van der Waals surface area contributed by atoms with Gasteiger partial charge in [0.1, 0.15) is 26.1 Å². The van der Waals surface area contributed by atoms with Crippen LogP contribution in [0.25, 0.3) is 0 Å². The highest BCUT2D eigenvalue weighted by molar-refractivity contribution is 7.47. The van der Waals surface area contributed by atoms with E-state index in [0.717, 1.165) is 38.5 Å². The fourth-order valence-electron chi connectivity index (χ4n) is 7.03. The maximum atomic E-state index is 12.8. The highest BCUT2D eigenvalue weighted by Crippen LogP contribution is 2.43. The molecular weight excluding hydrogens is 844 g/mol. The summed E-state index contributed by atoms with van der Waals surface area (Å²) in [6.45, 7) is 2.62. The van der Waals surface area contributed by atoms with Crippen LogP contribution in [-0.2, 0) is 46.9 Å². The van der Waals surface area contributed by atoms with E-state index in [2.05, 4.69) is 24.5 Å². The minimum atomic E-state index is -4.66. The van der Waals surface area contributed by atoms with E-state index in [0.29, 0.717) is 19.1 Å². The van der Waals surface area contributed by atoms with Crippen molar-refractivity contribution in [2.45, 2.75) is 232 Å². The number of ether oxygens (including phenoxy) is 4. The molecule has 2 unspecified atom stereocenters.